The molecule has 4 atom stereocenters. The molecule has 0 aliphatic carbocycles. The van der Waals surface area contributed by atoms with Crippen LogP contribution in [0.15, 0.2) is 30.3 Å². The highest BCUT2D eigenvalue weighted by Crippen LogP contribution is 2.68. The fourth-order valence-electron chi connectivity index (χ4n) is 4.39. The molecule has 0 aromatic heterocycles. The predicted octanol–water partition coefficient (Wildman–Crippen LogP) is 0.941. The number of carbonyl (C=O) groups excluding carboxylic acids is 3. The van der Waals surface area contributed by atoms with E-state index in [-0.39, 0.29) is 11.8 Å². The molecule has 1 aromatic carbocycles. The monoisotopic (exact) mass is 360 g/mol. The number of carboxylic acids is 1. The van der Waals surface area contributed by atoms with Crippen LogP contribution in [0, 0.1) is 11.8 Å². The fraction of sp³-hybridized carbons (Fsp3) is 0.412. The summed E-state index contributed by atoms with van der Waals surface area (Å²) in [5, 5.41) is 9.34. The van der Waals surface area contributed by atoms with Crippen molar-refractivity contribution >= 4 is 41.1 Å². The van der Waals surface area contributed by atoms with Crippen molar-refractivity contribution in [3.05, 3.63) is 30.3 Å². The van der Waals surface area contributed by atoms with Crippen molar-refractivity contribution in [1.82, 2.24) is 4.90 Å². The average molecular weight is 360 g/mol. The van der Waals surface area contributed by atoms with E-state index in [0.29, 0.717) is 5.69 Å². The first-order chi connectivity index (χ1) is 11.7. The summed E-state index contributed by atoms with van der Waals surface area (Å²) >= 11 is 1.15. The van der Waals surface area contributed by atoms with Crippen molar-refractivity contribution in [2.24, 2.45) is 11.8 Å². The van der Waals surface area contributed by atoms with Gasteiger partial charge < -0.3 is 10.0 Å². The number of amides is 3. The molecule has 130 valence electrons. The van der Waals surface area contributed by atoms with Crippen molar-refractivity contribution in [1.29, 1.82) is 0 Å². The molecule has 3 saturated heterocycles. The molecule has 7 nitrogen and oxygen atoms in total. The number of fused-ring (bicyclic) bond motifs is 5. The Morgan fingerprint density at radius 1 is 1.16 bits per heavy atom. The van der Waals surface area contributed by atoms with Gasteiger partial charge in [-0.1, -0.05) is 18.2 Å². The highest BCUT2D eigenvalue weighted by Gasteiger charge is 2.79. The molecule has 0 saturated carbocycles. The topological polar surface area (TPSA) is 95.0 Å². The van der Waals surface area contributed by atoms with E-state index in [1.807, 2.05) is 0 Å². The lowest BCUT2D eigenvalue weighted by atomic mass is 9.73. The molecule has 3 amide bonds. The lowest BCUT2D eigenvalue weighted by molar-refractivity contribution is -0.151. The number of hydrogen-bond acceptors (Lipinski definition) is 5. The van der Waals surface area contributed by atoms with E-state index in [1.165, 1.54) is 4.90 Å². The van der Waals surface area contributed by atoms with E-state index in [9.17, 15) is 24.3 Å². The number of thioether (sulfide) groups is 1. The average Bonchev–Trinajstić information content (AvgIpc) is 3.05. The summed E-state index contributed by atoms with van der Waals surface area (Å²) in [6, 6.07) is 8.53. The van der Waals surface area contributed by atoms with Gasteiger partial charge in [0.25, 0.3) is 0 Å². The Morgan fingerprint density at radius 3 is 2.36 bits per heavy atom. The van der Waals surface area contributed by atoms with Gasteiger partial charge in [0.05, 0.1) is 28.8 Å². The van der Waals surface area contributed by atoms with Crippen LogP contribution in [-0.2, 0) is 19.2 Å². The Bertz CT molecular complexity index is 828. The lowest BCUT2D eigenvalue weighted by Gasteiger charge is -2.38. The standard InChI is InChI=1S/C17H16N2O5S/c1-16-11-12(17(25-16,8-10(20)21)15(24)18(16)2)14(23)19(13(11)22)9-6-4-3-5-7-9/h3-7,11-12H,8H2,1-2H3,(H,20,21)/t11-,12+,16-,17+/m1/s1. The minimum Gasteiger partial charge on any atom is -0.481 e. The summed E-state index contributed by atoms with van der Waals surface area (Å²) in [5.41, 5.74) is 0.445. The number of nitrogens with zero attached hydrogens (tertiary/aromatic N) is 2. The minimum atomic E-state index is -1.42. The van der Waals surface area contributed by atoms with Crippen LogP contribution in [0.25, 0.3) is 0 Å². The normalized spacial score (nSPS) is 36.3. The number of aliphatic carboxylic acids is 1. The summed E-state index contributed by atoms with van der Waals surface area (Å²) in [6.07, 6.45) is -0.473. The molecule has 3 aliphatic rings. The van der Waals surface area contributed by atoms with Gasteiger partial charge in [0, 0.05) is 7.05 Å². The third kappa shape index (κ3) is 1.77. The lowest BCUT2D eigenvalue weighted by Crippen LogP contribution is -2.58. The molecular formula is C17H16N2O5S. The van der Waals surface area contributed by atoms with Crippen LogP contribution in [0.4, 0.5) is 5.69 Å². The van der Waals surface area contributed by atoms with E-state index < -0.39 is 39.8 Å². The largest absolute Gasteiger partial charge is 0.481 e. The molecule has 0 spiro atoms. The van der Waals surface area contributed by atoms with Crippen LogP contribution in [0.3, 0.4) is 0 Å². The van der Waals surface area contributed by atoms with Crippen molar-refractivity contribution in [2.75, 3.05) is 11.9 Å². The Hall–Kier alpha value is -2.35. The van der Waals surface area contributed by atoms with Crippen LogP contribution in [0.5, 0.6) is 0 Å². The maximum absolute atomic E-state index is 13.1. The second kappa shape index (κ2) is 4.85. The maximum Gasteiger partial charge on any atom is 0.305 e. The first-order valence-electron chi connectivity index (χ1n) is 7.87. The molecule has 3 aliphatic heterocycles. The zero-order valence-electron chi connectivity index (χ0n) is 13.6. The van der Waals surface area contributed by atoms with Crippen LogP contribution in [0.1, 0.15) is 13.3 Å². The van der Waals surface area contributed by atoms with E-state index in [4.69, 9.17) is 0 Å². The van der Waals surface area contributed by atoms with Crippen LogP contribution in [0.2, 0.25) is 0 Å². The molecule has 1 N–H and O–H groups in total. The molecule has 3 fully saturated rings. The Balaban J connectivity index is 1.87. The fourth-order valence-corrected chi connectivity index (χ4v) is 6.50. The van der Waals surface area contributed by atoms with Crippen molar-refractivity contribution in [3.63, 3.8) is 0 Å². The highest BCUT2D eigenvalue weighted by atomic mass is 32.2. The van der Waals surface area contributed by atoms with Gasteiger partial charge in [-0.3, -0.25) is 19.2 Å². The Labute approximate surface area is 148 Å². The molecule has 0 unspecified atom stereocenters. The number of benzene rings is 1. The van der Waals surface area contributed by atoms with Gasteiger partial charge in [-0.05, 0) is 19.1 Å². The first-order valence-corrected chi connectivity index (χ1v) is 8.69. The van der Waals surface area contributed by atoms with Gasteiger partial charge in [-0.2, -0.15) is 0 Å². The number of piperidine rings is 1. The minimum absolute atomic E-state index is 0.372. The van der Waals surface area contributed by atoms with Crippen LogP contribution < -0.4 is 4.90 Å². The van der Waals surface area contributed by atoms with E-state index in [2.05, 4.69) is 0 Å². The number of hydrogen-bond donors (Lipinski definition) is 1. The number of carbonyl (C=O) groups is 4. The molecule has 4 rings (SSSR count). The van der Waals surface area contributed by atoms with Crippen molar-refractivity contribution in [2.45, 2.75) is 23.0 Å². The number of carboxylic acid groups (broad SMARTS) is 1. The SMILES string of the molecule is CN1C(=O)[C@@]2(CC(=O)O)S[C@]1(C)[C@H]1C(=O)N(c3ccccc3)C(=O)[C@H]12. The van der Waals surface area contributed by atoms with E-state index in [0.717, 1.165) is 16.7 Å². The van der Waals surface area contributed by atoms with Gasteiger partial charge in [-0.15, -0.1) is 11.8 Å². The van der Waals surface area contributed by atoms with Gasteiger partial charge in [0.1, 0.15) is 4.75 Å². The molecule has 0 radical (unpaired) electrons. The number of rotatable bonds is 3. The third-order valence-electron chi connectivity index (χ3n) is 5.54. The van der Waals surface area contributed by atoms with Gasteiger partial charge in [0.15, 0.2) is 0 Å². The van der Waals surface area contributed by atoms with Gasteiger partial charge in [0.2, 0.25) is 17.7 Å². The summed E-state index contributed by atoms with van der Waals surface area (Å²) in [4.78, 5) is 52.0. The number of para-hydroxylation sites is 1. The maximum atomic E-state index is 13.1. The third-order valence-corrected chi connectivity index (χ3v) is 7.41. The second-order valence-corrected chi connectivity index (χ2v) is 8.54. The summed E-state index contributed by atoms with van der Waals surface area (Å²) in [7, 11) is 1.57. The highest BCUT2D eigenvalue weighted by molar-refractivity contribution is 8.03. The molecule has 25 heavy (non-hydrogen) atoms. The first kappa shape index (κ1) is 16.1. The summed E-state index contributed by atoms with van der Waals surface area (Å²) < 4.78 is -1.42. The number of likely N-dealkylation sites (tertiary alicyclic amines) is 1. The molecule has 3 heterocycles. The van der Waals surface area contributed by atoms with Crippen molar-refractivity contribution < 1.29 is 24.3 Å². The number of imide groups is 1. The Kier molecular flexibility index (Phi) is 3.13. The molecule has 8 heteroatoms. The van der Waals surface area contributed by atoms with Crippen molar-refractivity contribution in [3.8, 4) is 0 Å². The summed E-state index contributed by atoms with van der Waals surface area (Å²) in [6.45, 7) is 1.74. The predicted molar refractivity (Wildman–Crippen MR) is 89.7 cm³/mol. The van der Waals surface area contributed by atoms with Crippen LogP contribution in [-0.4, -0.2) is 50.4 Å². The second-order valence-electron chi connectivity index (χ2n) is 6.78. The number of anilines is 1. The van der Waals surface area contributed by atoms with Gasteiger partial charge in [-0.25, -0.2) is 4.90 Å². The molecular weight excluding hydrogens is 344 g/mol. The van der Waals surface area contributed by atoms with E-state index >= 15 is 0 Å². The quantitative estimate of drug-likeness (QED) is 0.806. The van der Waals surface area contributed by atoms with Gasteiger partial charge >= 0.3 is 5.97 Å². The molecule has 2 bridgehead atoms. The molecule has 1 aromatic rings. The van der Waals surface area contributed by atoms with E-state index in [1.54, 1.807) is 44.3 Å². The Morgan fingerprint density at radius 2 is 1.76 bits per heavy atom. The van der Waals surface area contributed by atoms with Crippen LogP contribution >= 0.6 is 11.8 Å². The smallest absolute Gasteiger partial charge is 0.305 e. The zero-order valence-corrected chi connectivity index (χ0v) is 14.4. The summed E-state index contributed by atoms with van der Waals surface area (Å²) in [5.74, 6) is -4.09. The zero-order chi connectivity index (χ0) is 18.1.